The first kappa shape index (κ1) is 25.6. The first-order valence-electron chi connectivity index (χ1n) is 10.7. The summed E-state index contributed by atoms with van der Waals surface area (Å²) in [6.45, 7) is 4.04. The predicted molar refractivity (Wildman–Crippen MR) is 134 cm³/mol. The zero-order valence-electron chi connectivity index (χ0n) is 19.6. The molecule has 0 bridgehead atoms. The molecule has 0 aliphatic rings. The number of hydrogen-bond donors (Lipinski definition) is 2. The summed E-state index contributed by atoms with van der Waals surface area (Å²) in [5, 5.41) is 29.7. The van der Waals surface area contributed by atoms with E-state index in [9.17, 15) is 10.1 Å². The van der Waals surface area contributed by atoms with E-state index in [1.807, 2.05) is 32.1 Å². The highest BCUT2D eigenvalue weighted by Crippen LogP contribution is 2.34. The Bertz CT molecular complexity index is 1290. The van der Waals surface area contributed by atoms with Gasteiger partial charge in [0.25, 0.3) is 11.1 Å². The van der Waals surface area contributed by atoms with Crippen LogP contribution in [0.4, 0.5) is 5.13 Å². The van der Waals surface area contributed by atoms with Crippen LogP contribution in [0.1, 0.15) is 35.0 Å². The summed E-state index contributed by atoms with van der Waals surface area (Å²) in [6.07, 6.45) is 7.68. The van der Waals surface area contributed by atoms with Crippen molar-refractivity contribution < 1.29 is 19.4 Å². The quantitative estimate of drug-likeness (QED) is 0.317. The van der Waals surface area contributed by atoms with Crippen molar-refractivity contribution in [3.05, 3.63) is 71.1 Å². The monoisotopic (exact) mass is 491 g/mol. The number of carbonyl (C=O) groups is 1. The first-order valence-corrected chi connectivity index (χ1v) is 11.6. The molecular weight excluding hydrogens is 466 g/mol. The second-order valence-corrected chi connectivity index (χ2v) is 8.23. The van der Waals surface area contributed by atoms with E-state index in [1.165, 1.54) is 13.3 Å². The van der Waals surface area contributed by atoms with E-state index < -0.39 is 5.91 Å². The second-order valence-electron chi connectivity index (χ2n) is 7.29. The van der Waals surface area contributed by atoms with Crippen LogP contribution in [0.15, 0.2) is 54.3 Å². The summed E-state index contributed by atoms with van der Waals surface area (Å²) in [5.74, 6) is 0.107. The van der Waals surface area contributed by atoms with Crippen molar-refractivity contribution in [2.45, 2.75) is 20.3 Å². The van der Waals surface area contributed by atoms with Gasteiger partial charge in [0.15, 0.2) is 0 Å². The molecule has 0 unspecified atom stereocenters. The molecule has 2 aromatic heterocycles. The minimum absolute atomic E-state index is 0.0118. The highest BCUT2D eigenvalue weighted by molar-refractivity contribution is 7.17. The van der Waals surface area contributed by atoms with Gasteiger partial charge < -0.3 is 14.6 Å². The van der Waals surface area contributed by atoms with E-state index in [2.05, 4.69) is 26.6 Å². The van der Waals surface area contributed by atoms with Crippen molar-refractivity contribution in [1.29, 1.82) is 5.26 Å². The van der Waals surface area contributed by atoms with Crippen molar-refractivity contribution in [3.63, 3.8) is 0 Å². The molecule has 0 radical (unpaired) electrons. The minimum atomic E-state index is -0.426. The molecule has 2 N–H and O–H groups in total. The molecule has 1 aromatic carbocycles. The summed E-state index contributed by atoms with van der Waals surface area (Å²) < 4.78 is 11.0. The van der Waals surface area contributed by atoms with Gasteiger partial charge in [-0.1, -0.05) is 23.3 Å². The fraction of sp³-hybridized carbons (Fsp3) is 0.240. The Labute approximate surface area is 207 Å². The SMILES string of the molecule is C/C=C(\C=C/CCOc1nnc(NC(=O)c2cnc(C)cc2-c2cc(C#N)ccc2OC)s1)CO. The number of methoxy groups -OCH3 is 1. The Hall–Kier alpha value is -4.07. The van der Waals surface area contributed by atoms with Crippen LogP contribution < -0.4 is 14.8 Å². The third-order valence-corrected chi connectivity index (χ3v) is 5.68. The fourth-order valence-corrected chi connectivity index (χ4v) is 3.74. The number of amides is 1. The van der Waals surface area contributed by atoms with Crippen molar-refractivity contribution in [1.82, 2.24) is 15.2 Å². The maximum atomic E-state index is 13.1. The number of aliphatic hydroxyl groups is 1. The van der Waals surface area contributed by atoms with Gasteiger partial charge in [-0.25, -0.2) is 0 Å². The molecule has 0 fully saturated rings. The largest absolute Gasteiger partial charge is 0.496 e. The van der Waals surface area contributed by atoms with Crippen LogP contribution in [0.25, 0.3) is 11.1 Å². The minimum Gasteiger partial charge on any atom is -0.496 e. The Morgan fingerprint density at radius 2 is 2.11 bits per heavy atom. The molecule has 0 aliphatic heterocycles. The molecule has 35 heavy (non-hydrogen) atoms. The predicted octanol–water partition coefficient (Wildman–Crippen LogP) is 4.30. The summed E-state index contributed by atoms with van der Waals surface area (Å²) in [6, 6.07) is 8.90. The van der Waals surface area contributed by atoms with E-state index in [0.29, 0.717) is 51.9 Å². The highest BCUT2D eigenvalue weighted by atomic mass is 32.1. The Kier molecular flexibility index (Phi) is 9.06. The van der Waals surface area contributed by atoms with Crippen molar-refractivity contribution >= 4 is 22.4 Å². The van der Waals surface area contributed by atoms with Gasteiger partial charge in [0.1, 0.15) is 5.75 Å². The lowest BCUT2D eigenvalue weighted by Gasteiger charge is -2.13. The van der Waals surface area contributed by atoms with Gasteiger partial charge in [0.05, 0.1) is 37.5 Å². The van der Waals surface area contributed by atoms with Crippen LogP contribution in [0, 0.1) is 18.3 Å². The van der Waals surface area contributed by atoms with Gasteiger partial charge in [-0.15, -0.1) is 5.10 Å². The smallest absolute Gasteiger partial charge is 0.295 e. The van der Waals surface area contributed by atoms with E-state index in [-0.39, 0.29) is 11.7 Å². The Morgan fingerprint density at radius 1 is 1.29 bits per heavy atom. The van der Waals surface area contributed by atoms with E-state index >= 15 is 0 Å². The normalized spacial score (nSPS) is 11.3. The molecule has 180 valence electrons. The lowest BCUT2D eigenvalue weighted by molar-refractivity contribution is 0.102. The Morgan fingerprint density at radius 3 is 2.83 bits per heavy atom. The number of allylic oxidation sites excluding steroid dienone is 1. The number of benzene rings is 1. The lowest BCUT2D eigenvalue weighted by Crippen LogP contribution is -2.14. The third kappa shape index (κ3) is 6.72. The average molecular weight is 492 g/mol. The maximum Gasteiger partial charge on any atom is 0.295 e. The maximum absolute atomic E-state index is 13.1. The average Bonchev–Trinajstić information content (AvgIpc) is 3.32. The van der Waals surface area contributed by atoms with E-state index in [0.717, 1.165) is 16.9 Å². The molecule has 0 atom stereocenters. The summed E-state index contributed by atoms with van der Waals surface area (Å²) in [5.41, 5.74) is 3.48. The van der Waals surface area contributed by atoms with Gasteiger partial charge in [-0.3, -0.25) is 15.1 Å². The molecular formula is C25H25N5O4S. The molecule has 3 rings (SSSR count). The zero-order chi connectivity index (χ0) is 25.2. The molecule has 2 heterocycles. The highest BCUT2D eigenvalue weighted by Gasteiger charge is 2.19. The molecule has 9 nitrogen and oxygen atoms in total. The van der Waals surface area contributed by atoms with Crippen LogP contribution in [-0.4, -0.2) is 46.5 Å². The number of nitriles is 1. The topological polar surface area (TPSA) is 130 Å². The molecule has 1 amide bonds. The van der Waals surface area contributed by atoms with Crippen LogP contribution in [0.2, 0.25) is 0 Å². The molecule has 0 saturated heterocycles. The zero-order valence-corrected chi connectivity index (χ0v) is 20.4. The fourth-order valence-electron chi connectivity index (χ4n) is 3.12. The molecule has 3 aromatic rings. The van der Waals surface area contributed by atoms with Crippen LogP contribution in [0.3, 0.4) is 0 Å². The molecule has 0 aliphatic carbocycles. The third-order valence-electron chi connectivity index (χ3n) is 4.93. The van der Waals surface area contributed by atoms with Gasteiger partial charge >= 0.3 is 0 Å². The van der Waals surface area contributed by atoms with Gasteiger partial charge in [0.2, 0.25) is 5.13 Å². The van der Waals surface area contributed by atoms with Crippen molar-refractivity contribution in [2.75, 3.05) is 25.6 Å². The first-order chi connectivity index (χ1) is 17.0. The number of anilines is 1. The van der Waals surface area contributed by atoms with Gasteiger partial charge in [0, 0.05) is 23.0 Å². The van der Waals surface area contributed by atoms with Gasteiger partial charge in [-0.2, -0.15) is 5.26 Å². The summed E-state index contributed by atoms with van der Waals surface area (Å²) in [7, 11) is 1.53. The van der Waals surface area contributed by atoms with Crippen LogP contribution >= 0.6 is 11.3 Å². The molecule has 0 saturated carbocycles. The standard InChI is InChI=1S/C25H25N5O4S/c1-4-17(15-31)7-5-6-10-34-25-30-29-24(35-25)28-23(32)21-14-27-16(2)11-19(21)20-12-18(13-26)8-9-22(20)33-3/h4-5,7-9,11-12,14,31H,6,10,15H2,1-3H3,(H,28,29,32)/b7-5-,17-4+. The number of nitrogens with one attached hydrogen (secondary N) is 1. The number of aryl methyl sites for hydroxylation is 1. The van der Waals surface area contributed by atoms with E-state index in [1.54, 1.807) is 24.3 Å². The van der Waals surface area contributed by atoms with Crippen LogP contribution in [0.5, 0.6) is 10.9 Å². The second kappa shape index (κ2) is 12.4. The number of hydrogen-bond acceptors (Lipinski definition) is 9. The number of rotatable bonds is 10. The van der Waals surface area contributed by atoms with Crippen LogP contribution in [-0.2, 0) is 0 Å². The molecule has 10 heteroatoms. The van der Waals surface area contributed by atoms with Gasteiger partial charge in [-0.05, 0) is 61.4 Å². The van der Waals surface area contributed by atoms with E-state index in [4.69, 9.17) is 14.6 Å². The number of carbonyl (C=O) groups excluding carboxylic acids is 1. The molecule has 0 spiro atoms. The number of ether oxygens (including phenoxy) is 2. The lowest BCUT2D eigenvalue weighted by atomic mass is 9.97. The number of nitrogens with zero attached hydrogens (tertiary/aromatic N) is 4. The van der Waals surface area contributed by atoms with Crippen molar-refractivity contribution in [2.24, 2.45) is 0 Å². The summed E-state index contributed by atoms with van der Waals surface area (Å²) >= 11 is 1.11. The number of aliphatic hydroxyl groups excluding tert-OH is 1. The number of aromatic nitrogens is 3. The van der Waals surface area contributed by atoms with Crippen molar-refractivity contribution in [3.8, 4) is 28.1 Å². The Balaban J connectivity index is 1.73. The summed E-state index contributed by atoms with van der Waals surface area (Å²) in [4.78, 5) is 17.4. The number of pyridine rings is 1.